The average Bonchev–Trinajstić information content (AvgIpc) is 2.06. The van der Waals surface area contributed by atoms with Crippen molar-refractivity contribution in [1.29, 1.82) is 0 Å². The van der Waals surface area contributed by atoms with Crippen LogP contribution < -0.4 is 0 Å². The Balaban J connectivity index is 1.99. The lowest BCUT2D eigenvalue weighted by molar-refractivity contribution is 0.114. The van der Waals surface area contributed by atoms with Crippen molar-refractivity contribution in [2.45, 2.75) is 51.9 Å². The molecule has 64 valence electrons. The molecule has 0 aromatic rings. The van der Waals surface area contributed by atoms with E-state index < -0.39 is 0 Å². The minimum absolute atomic E-state index is 1.05. The van der Waals surface area contributed by atoms with E-state index in [1.165, 1.54) is 25.7 Å². The van der Waals surface area contributed by atoms with Crippen LogP contribution in [0.3, 0.4) is 0 Å². The molecule has 1 unspecified atom stereocenters. The predicted octanol–water partition coefficient (Wildman–Crippen LogP) is 3.61. The highest BCUT2D eigenvalue weighted by atomic mass is 14.4. The lowest BCUT2D eigenvalue weighted by Crippen LogP contribution is -2.29. The summed E-state index contributed by atoms with van der Waals surface area (Å²) in [6.07, 6.45) is 10.7. The fourth-order valence-electron chi connectivity index (χ4n) is 3.26. The SMILES string of the molecule is C[C@H]1CCC[C@H]2CCCCC21. The zero-order valence-electron chi connectivity index (χ0n) is 7.68. The van der Waals surface area contributed by atoms with Gasteiger partial charge in [0.2, 0.25) is 0 Å². The summed E-state index contributed by atoms with van der Waals surface area (Å²) in [5.41, 5.74) is 0. The van der Waals surface area contributed by atoms with Gasteiger partial charge in [-0.2, -0.15) is 0 Å². The van der Waals surface area contributed by atoms with E-state index in [-0.39, 0.29) is 0 Å². The third kappa shape index (κ3) is 1.45. The van der Waals surface area contributed by atoms with E-state index in [4.69, 9.17) is 0 Å². The van der Waals surface area contributed by atoms with Crippen LogP contribution in [0.25, 0.3) is 0 Å². The first-order chi connectivity index (χ1) is 5.38. The summed E-state index contributed by atoms with van der Waals surface area (Å²) >= 11 is 0. The molecule has 11 heavy (non-hydrogen) atoms. The van der Waals surface area contributed by atoms with Gasteiger partial charge in [-0.15, -0.1) is 0 Å². The van der Waals surface area contributed by atoms with Gasteiger partial charge in [0.25, 0.3) is 0 Å². The molecule has 3 atom stereocenters. The minimum atomic E-state index is 1.05. The Hall–Kier alpha value is 0. The van der Waals surface area contributed by atoms with Crippen LogP contribution >= 0.6 is 0 Å². The number of hydrogen-bond donors (Lipinski definition) is 0. The van der Waals surface area contributed by atoms with Crippen LogP contribution in [0, 0.1) is 17.8 Å². The molecule has 2 aliphatic carbocycles. The third-order valence-electron chi connectivity index (χ3n) is 3.93. The second kappa shape index (κ2) is 3.16. The maximum atomic E-state index is 2.47. The van der Waals surface area contributed by atoms with Crippen molar-refractivity contribution in [3.05, 3.63) is 0 Å². The fraction of sp³-hybridized carbons (Fsp3) is 1.00. The van der Waals surface area contributed by atoms with E-state index in [2.05, 4.69) is 6.92 Å². The Morgan fingerprint density at radius 2 is 1.55 bits per heavy atom. The van der Waals surface area contributed by atoms with E-state index in [9.17, 15) is 0 Å². The van der Waals surface area contributed by atoms with Crippen molar-refractivity contribution < 1.29 is 0 Å². The maximum absolute atomic E-state index is 2.47. The van der Waals surface area contributed by atoms with Crippen LogP contribution in [0.5, 0.6) is 0 Å². The Kier molecular flexibility index (Phi) is 2.20. The van der Waals surface area contributed by atoms with E-state index in [1.807, 2.05) is 0 Å². The van der Waals surface area contributed by atoms with Gasteiger partial charge in [0.05, 0.1) is 0 Å². The third-order valence-corrected chi connectivity index (χ3v) is 3.93. The van der Waals surface area contributed by atoms with Crippen LogP contribution in [0.1, 0.15) is 51.9 Å². The van der Waals surface area contributed by atoms with Crippen molar-refractivity contribution in [2.75, 3.05) is 0 Å². The minimum Gasteiger partial charge on any atom is -0.0622 e. The molecule has 0 aliphatic heterocycles. The molecule has 0 nitrogen and oxygen atoms in total. The molecule has 0 heteroatoms. The quantitative estimate of drug-likeness (QED) is 0.497. The van der Waals surface area contributed by atoms with Crippen LogP contribution in [0.2, 0.25) is 0 Å². The normalized spacial score (nSPS) is 45.0. The number of hydrogen-bond acceptors (Lipinski definition) is 0. The van der Waals surface area contributed by atoms with Gasteiger partial charge in [0, 0.05) is 0 Å². The number of fused-ring (bicyclic) bond motifs is 1. The van der Waals surface area contributed by atoms with Gasteiger partial charge in [-0.1, -0.05) is 45.4 Å². The topological polar surface area (TPSA) is 0 Å². The predicted molar refractivity (Wildman–Crippen MR) is 48.5 cm³/mol. The van der Waals surface area contributed by atoms with Crippen LogP contribution in [0.15, 0.2) is 0 Å². The standard InChI is InChI=1S/C11H20/c1-9-5-4-7-10-6-2-3-8-11(9)10/h9-11H,2-8H2,1H3/t9-,10+,11?/m0/s1. The van der Waals surface area contributed by atoms with Gasteiger partial charge >= 0.3 is 0 Å². The van der Waals surface area contributed by atoms with Gasteiger partial charge in [-0.05, 0) is 24.2 Å². The molecule has 0 aromatic heterocycles. The Morgan fingerprint density at radius 1 is 0.818 bits per heavy atom. The zero-order valence-corrected chi connectivity index (χ0v) is 7.68. The van der Waals surface area contributed by atoms with E-state index in [0.29, 0.717) is 0 Å². The molecule has 0 bridgehead atoms. The Morgan fingerprint density at radius 3 is 2.36 bits per heavy atom. The van der Waals surface area contributed by atoms with E-state index in [0.717, 1.165) is 17.8 Å². The van der Waals surface area contributed by atoms with Crippen molar-refractivity contribution in [2.24, 2.45) is 17.8 Å². The highest BCUT2D eigenvalue weighted by Crippen LogP contribution is 2.43. The second-order valence-corrected chi connectivity index (χ2v) is 4.62. The summed E-state index contributed by atoms with van der Waals surface area (Å²) in [7, 11) is 0. The van der Waals surface area contributed by atoms with Crippen molar-refractivity contribution in [3.8, 4) is 0 Å². The molecule has 0 spiro atoms. The van der Waals surface area contributed by atoms with Crippen molar-refractivity contribution >= 4 is 0 Å². The summed E-state index contributed by atoms with van der Waals surface area (Å²) < 4.78 is 0. The summed E-state index contributed by atoms with van der Waals surface area (Å²) in [6.45, 7) is 2.47. The molecule has 2 saturated carbocycles. The van der Waals surface area contributed by atoms with Gasteiger partial charge in [-0.3, -0.25) is 0 Å². The lowest BCUT2D eigenvalue weighted by Gasteiger charge is -2.39. The highest BCUT2D eigenvalue weighted by Gasteiger charge is 2.31. The molecule has 0 saturated heterocycles. The van der Waals surface area contributed by atoms with Crippen molar-refractivity contribution in [1.82, 2.24) is 0 Å². The van der Waals surface area contributed by atoms with Crippen LogP contribution in [0.4, 0.5) is 0 Å². The summed E-state index contributed by atoms with van der Waals surface area (Å²) in [6, 6.07) is 0. The molecule has 0 radical (unpaired) electrons. The first-order valence-electron chi connectivity index (χ1n) is 5.38. The van der Waals surface area contributed by atoms with Gasteiger partial charge in [-0.25, -0.2) is 0 Å². The molecule has 2 rings (SSSR count). The molecule has 2 aliphatic rings. The monoisotopic (exact) mass is 152 g/mol. The van der Waals surface area contributed by atoms with Gasteiger partial charge in [0.1, 0.15) is 0 Å². The first-order valence-corrected chi connectivity index (χ1v) is 5.38. The molecule has 0 amide bonds. The van der Waals surface area contributed by atoms with E-state index in [1.54, 1.807) is 19.3 Å². The van der Waals surface area contributed by atoms with Crippen LogP contribution in [-0.4, -0.2) is 0 Å². The Labute approximate surface area is 70.4 Å². The first kappa shape index (κ1) is 7.64. The number of rotatable bonds is 0. The smallest absolute Gasteiger partial charge is 0.0360 e. The van der Waals surface area contributed by atoms with Gasteiger partial charge in [0.15, 0.2) is 0 Å². The van der Waals surface area contributed by atoms with Gasteiger partial charge < -0.3 is 0 Å². The highest BCUT2D eigenvalue weighted by molar-refractivity contribution is 4.82. The second-order valence-electron chi connectivity index (χ2n) is 4.62. The van der Waals surface area contributed by atoms with Crippen LogP contribution in [-0.2, 0) is 0 Å². The zero-order chi connectivity index (χ0) is 7.68. The average molecular weight is 152 g/mol. The summed E-state index contributed by atoms with van der Waals surface area (Å²) in [4.78, 5) is 0. The molecule has 2 fully saturated rings. The molecule has 0 heterocycles. The molecular formula is C11H20. The van der Waals surface area contributed by atoms with E-state index >= 15 is 0 Å². The lowest BCUT2D eigenvalue weighted by atomic mass is 9.66. The Bertz CT molecular complexity index is 126. The molecular weight excluding hydrogens is 132 g/mol. The molecule has 0 aromatic carbocycles. The molecule has 0 N–H and O–H groups in total. The largest absolute Gasteiger partial charge is 0.0622 e. The maximum Gasteiger partial charge on any atom is -0.0360 e. The van der Waals surface area contributed by atoms with Crippen molar-refractivity contribution in [3.63, 3.8) is 0 Å². The summed E-state index contributed by atoms with van der Waals surface area (Å²) in [5, 5.41) is 0. The fourth-order valence-corrected chi connectivity index (χ4v) is 3.26. The summed E-state index contributed by atoms with van der Waals surface area (Å²) in [5.74, 6) is 3.30.